The van der Waals surface area contributed by atoms with E-state index in [1.54, 1.807) is 0 Å². The van der Waals surface area contributed by atoms with Gasteiger partial charge in [-0.3, -0.25) is 4.79 Å². The van der Waals surface area contributed by atoms with Gasteiger partial charge in [0.05, 0.1) is 23.8 Å². The normalized spacial score (nSPS) is 16.2. The highest BCUT2D eigenvalue weighted by Crippen LogP contribution is 2.32. The number of alkyl halides is 3. The number of hydrogen-bond donors (Lipinski definition) is 2. The number of aliphatic hydroxyl groups is 1. The zero-order valence-corrected chi connectivity index (χ0v) is 12.2. The van der Waals surface area contributed by atoms with E-state index in [0.29, 0.717) is 12.5 Å². The number of carbonyl (C=O) groups is 1. The molecule has 128 valence electrons. The van der Waals surface area contributed by atoms with Gasteiger partial charge in [0, 0.05) is 13.2 Å². The first kappa shape index (κ1) is 17.7. The third kappa shape index (κ3) is 5.47. The summed E-state index contributed by atoms with van der Waals surface area (Å²) in [6, 6.07) is 1.81. The molecule has 0 spiro atoms. The second-order valence-electron chi connectivity index (χ2n) is 5.53. The Morgan fingerprint density at radius 1 is 1.39 bits per heavy atom. The number of amides is 1. The molecule has 1 saturated carbocycles. The number of halogens is 4. The van der Waals surface area contributed by atoms with Gasteiger partial charge in [0.2, 0.25) is 0 Å². The molecule has 0 bridgehead atoms. The van der Waals surface area contributed by atoms with Gasteiger partial charge in [0.25, 0.3) is 5.91 Å². The van der Waals surface area contributed by atoms with Gasteiger partial charge in [-0.2, -0.15) is 13.2 Å². The molecule has 0 saturated heterocycles. The maximum Gasteiger partial charge on any atom is 0.417 e. The van der Waals surface area contributed by atoms with Crippen LogP contribution in [0.5, 0.6) is 0 Å². The molecule has 2 rings (SSSR count). The van der Waals surface area contributed by atoms with Crippen molar-refractivity contribution in [3.8, 4) is 0 Å². The zero-order chi connectivity index (χ0) is 17.0. The molecule has 1 unspecified atom stereocenters. The van der Waals surface area contributed by atoms with Crippen molar-refractivity contribution in [3.05, 3.63) is 35.1 Å². The van der Waals surface area contributed by atoms with Gasteiger partial charge >= 0.3 is 6.18 Å². The summed E-state index contributed by atoms with van der Waals surface area (Å²) >= 11 is 0. The number of ether oxygens (including phenoxy) is 1. The second kappa shape index (κ2) is 7.27. The molecule has 1 aromatic carbocycles. The Morgan fingerprint density at radius 3 is 2.70 bits per heavy atom. The zero-order valence-electron chi connectivity index (χ0n) is 12.2. The second-order valence-corrected chi connectivity index (χ2v) is 5.53. The van der Waals surface area contributed by atoms with Crippen LogP contribution in [-0.2, 0) is 10.9 Å². The van der Waals surface area contributed by atoms with E-state index in [1.165, 1.54) is 0 Å². The first-order valence-electron chi connectivity index (χ1n) is 7.18. The Morgan fingerprint density at radius 2 is 2.09 bits per heavy atom. The molecule has 0 radical (unpaired) electrons. The minimum absolute atomic E-state index is 0.00761. The highest BCUT2D eigenvalue weighted by atomic mass is 19.4. The van der Waals surface area contributed by atoms with Crippen LogP contribution in [0.2, 0.25) is 0 Å². The largest absolute Gasteiger partial charge is 0.417 e. The predicted molar refractivity (Wildman–Crippen MR) is 73.3 cm³/mol. The van der Waals surface area contributed by atoms with Gasteiger partial charge in [-0.1, -0.05) is 0 Å². The molecule has 0 aliphatic heterocycles. The van der Waals surface area contributed by atoms with Gasteiger partial charge in [-0.25, -0.2) is 4.39 Å². The summed E-state index contributed by atoms with van der Waals surface area (Å²) in [5, 5.41) is 11.8. The van der Waals surface area contributed by atoms with Crippen LogP contribution in [0.25, 0.3) is 0 Å². The van der Waals surface area contributed by atoms with Crippen molar-refractivity contribution in [2.45, 2.75) is 25.1 Å². The smallest absolute Gasteiger partial charge is 0.389 e. The molecule has 1 atom stereocenters. The summed E-state index contributed by atoms with van der Waals surface area (Å²) in [6.45, 7) is 0.270. The van der Waals surface area contributed by atoms with E-state index >= 15 is 0 Å². The van der Waals surface area contributed by atoms with Crippen molar-refractivity contribution in [1.82, 2.24) is 5.32 Å². The van der Waals surface area contributed by atoms with Crippen molar-refractivity contribution >= 4 is 5.91 Å². The molecular formula is C15H17F4NO3. The number of carbonyl (C=O) groups excluding carboxylic acids is 1. The molecule has 4 nitrogen and oxygen atoms in total. The molecule has 1 aliphatic carbocycles. The molecule has 1 amide bonds. The fraction of sp³-hybridized carbons (Fsp3) is 0.533. The number of rotatable bonds is 7. The van der Waals surface area contributed by atoms with Crippen molar-refractivity contribution in [2.24, 2.45) is 5.92 Å². The highest BCUT2D eigenvalue weighted by Gasteiger charge is 2.35. The minimum atomic E-state index is -4.85. The van der Waals surface area contributed by atoms with Gasteiger partial charge in [0.1, 0.15) is 5.82 Å². The topological polar surface area (TPSA) is 58.6 Å². The molecule has 1 fully saturated rings. The molecule has 23 heavy (non-hydrogen) atoms. The van der Waals surface area contributed by atoms with Crippen molar-refractivity contribution in [2.75, 3.05) is 19.8 Å². The van der Waals surface area contributed by atoms with E-state index in [4.69, 9.17) is 4.74 Å². The quantitative estimate of drug-likeness (QED) is 0.752. The Bertz CT molecular complexity index is 558. The van der Waals surface area contributed by atoms with Crippen molar-refractivity contribution in [3.63, 3.8) is 0 Å². The maximum absolute atomic E-state index is 13.0. The van der Waals surface area contributed by atoms with Crippen LogP contribution in [0.15, 0.2) is 18.2 Å². The van der Waals surface area contributed by atoms with Gasteiger partial charge < -0.3 is 15.2 Å². The van der Waals surface area contributed by atoms with Gasteiger partial charge in [-0.15, -0.1) is 0 Å². The van der Waals surface area contributed by atoms with Crippen LogP contribution < -0.4 is 5.32 Å². The van der Waals surface area contributed by atoms with E-state index in [9.17, 15) is 27.5 Å². The third-order valence-electron chi connectivity index (χ3n) is 3.39. The average Bonchev–Trinajstić information content (AvgIpc) is 3.28. The first-order valence-corrected chi connectivity index (χ1v) is 7.18. The van der Waals surface area contributed by atoms with Crippen molar-refractivity contribution < 1.29 is 32.2 Å². The summed E-state index contributed by atoms with van der Waals surface area (Å²) in [4.78, 5) is 11.8. The molecule has 8 heteroatoms. The Kier molecular flexibility index (Phi) is 5.59. The van der Waals surface area contributed by atoms with Crippen LogP contribution >= 0.6 is 0 Å². The Labute approximate surface area is 130 Å². The van der Waals surface area contributed by atoms with Crippen LogP contribution in [0.1, 0.15) is 28.8 Å². The molecular weight excluding hydrogens is 318 g/mol. The molecule has 1 aliphatic rings. The first-order chi connectivity index (χ1) is 10.8. The average molecular weight is 335 g/mol. The van der Waals surface area contributed by atoms with Gasteiger partial charge in [-0.05, 0) is 37.0 Å². The number of benzene rings is 1. The third-order valence-corrected chi connectivity index (χ3v) is 3.39. The van der Waals surface area contributed by atoms with Crippen LogP contribution in [0.3, 0.4) is 0 Å². The van der Waals surface area contributed by atoms with Crippen LogP contribution in [0, 0.1) is 11.7 Å². The van der Waals surface area contributed by atoms with E-state index < -0.39 is 35.1 Å². The SMILES string of the molecule is O=C(NCC(O)COCC1CC1)c1ccc(F)cc1C(F)(F)F. The lowest BCUT2D eigenvalue weighted by Gasteiger charge is -2.15. The van der Waals surface area contributed by atoms with Crippen LogP contribution in [-0.4, -0.2) is 36.9 Å². The number of nitrogens with one attached hydrogen (secondary N) is 1. The van der Waals surface area contributed by atoms with E-state index in [0.717, 1.165) is 25.0 Å². The molecule has 1 aromatic rings. The molecule has 2 N–H and O–H groups in total. The van der Waals surface area contributed by atoms with Crippen LogP contribution in [0.4, 0.5) is 17.6 Å². The summed E-state index contributed by atoms with van der Waals surface area (Å²) in [6.07, 6.45) is -3.68. The van der Waals surface area contributed by atoms with E-state index in [-0.39, 0.29) is 19.2 Å². The summed E-state index contributed by atoms with van der Waals surface area (Å²) in [5.41, 5.74) is -2.04. The lowest BCUT2D eigenvalue weighted by molar-refractivity contribution is -0.138. The predicted octanol–water partition coefficient (Wildman–Crippen LogP) is 2.36. The minimum Gasteiger partial charge on any atom is -0.389 e. The van der Waals surface area contributed by atoms with Gasteiger partial charge in [0.15, 0.2) is 0 Å². The maximum atomic E-state index is 13.0. The molecule has 0 heterocycles. The number of hydrogen-bond acceptors (Lipinski definition) is 3. The molecule has 0 aromatic heterocycles. The summed E-state index contributed by atoms with van der Waals surface area (Å²) < 4.78 is 56.7. The number of aliphatic hydroxyl groups excluding tert-OH is 1. The summed E-state index contributed by atoms with van der Waals surface area (Å²) in [5.74, 6) is -1.59. The fourth-order valence-electron chi connectivity index (χ4n) is 1.97. The Balaban J connectivity index is 1.89. The standard InChI is InChI=1S/C15H17F4NO3/c16-10-3-4-12(13(5-10)15(17,18)19)14(22)20-6-11(21)8-23-7-9-1-2-9/h3-5,9,11,21H,1-2,6-8H2,(H,20,22). The monoisotopic (exact) mass is 335 g/mol. The fourth-order valence-corrected chi connectivity index (χ4v) is 1.97. The lowest BCUT2D eigenvalue weighted by atomic mass is 10.1. The van der Waals surface area contributed by atoms with E-state index in [2.05, 4.69) is 5.32 Å². The van der Waals surface area contributed by atoms with E-state index in [1.807, 2.05) is 0 Å². The lowest BCUT2D eigenvalue weighted by Crippen LogP contribution is -2.35. The van der Waals surface area contributed by atoms with Crippen molar-refractivity contribution in [1.29, 1.82) is 0 Å². The highest BCUT2D eigenvalue weighted by molar-refractivity contribution is 5.95. The Hall–Kier alpha value is -1.67. The summed E-state index contributed by atoms with van der Waals surface area (Å²) in [7, 11) is 0.